The van der Waals surface area contributed by atoms with Crippen LogP contribution in [0.15, 0.2) is 79.5 Å². The number of hydrogen-bond donors (Lipinski definition) is 2. The van der Waals surface area contributed by atoms with Gasteiger partial charge in [-0.05, 0) is 50.9 Å². The van der Waals surface area contributed by atoms with Crippen molar-refractivity contribution >= 4 is 161 Å². The predicted octanol–water partition coefficient (Wildman–Crippen LogP) is 13.3. The number of carbonyl (C=O) groups excluding carboxylic acids is 7. The molecule has 3 heterocycles. The fourth-order valence-corrected chi connectivity index (χ4v) is 7.54. The quantitative estimate of drug-likeness (QED) is 0.0147. The molecule has 0 saturated heterocycles. The van der Waals surface area contributed by atoms with Gasteiger partial charge in [0.2, 0.25) is 11.2 Å². The second kappa shape index (κ2) is 81.0. The number of oxime groups is 6. The highest BCUT2D eigenvalue weighted by molar-refractivity contribution is 9.09. The molecule has 0 amide bonds. The largest absolute Gasteiger partial charge is 0.466 e. The number of methoxy groups -OCH3 is 9. The summed E-state index contributed by atoms with van der Waals surface area (Å²) in [5.41, 5.74) is 1.73. The van der Waals surface area contributed by atoms with E-state index in [2.05, 4.69) is 133 Å². The Bertz CT molecular complexity index is 2320. The standard InChI is InChI=1S/C9H15NO4.C9H15NO3S.C9H15NO3.C6H10O3.C6H10O2S.C6H10O2.C5H7BrO2.3C4H8ClNO.C2H6.CH4O.CH4S/c1-4-7-5-9(6-12-2,14-10-7)8(11)13-3;1-4-7-5-9(6-14-3,13-10-7)8(11)12-2;1-4-7-6-9(5-2,13-10-7)8(11)12-3;1-5(4-8-2)6(7)9-3;1-5(4-9-3)6(7)8-2;1-4-5(2)6(7)8-3;1-4(3-6)5(7)8-2;3*1-3-4(5)6-7-2;3*1-2/h2*4-6H2,1-3H3;4-6H2,1-3H3;2*1,4H2,2-3H3;2,4H2,1,3H3;1,3H2,2H3;3*3H2,1-2H3;1-2H3;2*2H,1H3/b;;;;;;;3*6-4-;;;. The van der Waals surface area contributed by atoms with Crippen molar-refractivity contribution in [2.75, 3.05) is 141 Å². The highest BCUT2D eigenvalue weighted by atomic mass is 79.9. The highest BCUT2D eigenvalue weighted by Gasteiger charge is 2.49. The van der Waals surface area contributed by atoms with Crippen LogP contribution in [0.4, 0.5) is 0 Å². The maximum atomic E-state index is 11.6. The summed E-state index contributed by atoms with van der Waals surface area (Å²) < 4.78 is 41.1. The number of halogens is 4. The SMILES string of the molecule is C=C(CBr)C(=O)OC.C=C(CC)C(=O)OC.C=C(COC)C(=O)OC.C=C(CSC)C(=O)OC.CC.CC/C(Cl)=N/OC.CC/C(Cl)=N/OC.CC/C(Cl)=N/OC.CCC1=NOC(CC)(C(=O)OC)C1.CCC1=NOC(COC)(C(=O)OC)C1.CCC1=NOC(CSC)(C(=O)OC)C1.CO.CS. The van der Waals surface area contributed by atoms with Crippen molar-refractivity contribution in [1.29, 1.82) is 0 Å². The number of thiol groups is 1. The van der Waals surface area contributed by atoms with E-state index in [-0.39, 0.29) is 43.1 Å². The average molecular weight is 1650 g/mol. The summed E-state index contributed by atoms with van der Waals surface area (Å²) in [5.74, 6) is -1.29. The Morgan fingerprint density at radius 1 is 0.480 bits per heavy atom. The van der Waals surface area contributed by atoms with Crippen LogP contribution in [0, 0.1) is 0 Å². The van der Waals surface area contributed by atoms with Gasteiger partial charge in [-0.2, -0.15) is 36.2 Å². The molecule has 3 unspecified atom stereocenters. The van der Waals surface area contributed by atoms with E-state index in [0.717, 1.165) is 62.8 Å². The van der Waals surface area contributed by atoms with Gasteiger partial charge in [0.15, 0.2) is 0 Å². The van der Waals surface area contributed by atoms with Gasteiger partial charge in [-0.25, -0.2) is 33.6 Å². The van der Waals surface area contributed by atoms with Crippen LogP contribution in [0.3, 0.4) is 0 Å². The molecule has 0 saturated carbocycles. The molecule has 0 fully saturated rings. The van der Waals surface area contributed by atoms with E-state index < -0.39 is 28.7 Å². The number of rotatable bonds is 27. The molecule has 0 aromatic rings. The molecule has 0 aromatic heterocycles. The molecule has 0 aromatic carbocycles. The van der Waals surface area contributed by atoms with Gasteiger partial charge in [0.05, 0.1) is 79.1 Å². The Balaban J connectivity index is -0.000000116. The van der Waals surface area contributed by atoms with Crippen molar-refractivity contribution < 1.29 is 110 Å². The first-order valence-corrected chi connectivity index (χ1v) is 37.0. The number of esters is 7. The number of thioether (sulfide) groups is 2. The third-order valence-electron chi connectivity index (χ3n) is 11.3. The van der Waals surface area contributed by atoms with Crippen molar-refractivity contribution in [1.82, 2.24) is 0 Å². The molecule has 0 radical (unpaired) electrons. The molecule has 3 aliphatic heterocycles. The molecular weight excluding hydrogens is 1530 g/mol. The summed E-state index contributed by atoms with van der Waals surface area (Å²) in [5, 5.41) is 30.8. The summed E-state index contributed by atoms with van der Waals surface area (Å²) in [6.07, 6.45) is 12.9. The van der Waals surface area contributed by atoms with E-state index in [4.69, 9.17) is 63.9 Å². The summed E-state index contributed by atoms with van der Waals surface area (Å²) in [4.78, 5) is 105. The zero-order valence-electron chi connectivity index (χ0n) is 65.0. The Morgan fingerprint density at radius 2 is 0.784 bits per heavy atom. The fourth-order valence-electron chi connectivity index (χ4n) is 5.90. The second-order valence-corrected chi connectivity index (χ2v) is 21.9. The Hall–Kier alpha value is -5.65. The van der Waals surface area contributed by atoms with Crippen LogP contribution in [0.1, 0.15) is 140 Å². The summed E-state index contributed by atoms with van der Waals surface area (Å²) in [7, 11) is 17.8. The minimum absolute atomic E-state index is 0.159. The van der Waals surface area contributed by atoms with E-state index >= 15 is 0 Å². The molecule has 3 rings (SSSR count). The number of nitrogens with zero attached hydrogens (tertiary/aromatic N) is 6. The monoisotopic (exact) mass is 1640 g/mol. The molecule has 1 N–H and O–H groups in total. The van der Waals surface area contributed by atoms with Crippen molar-refractivity contribution in [2.45, 2.75) is 157 Å². The molecule has 0 bridgehead atoms. The lowest BCUT2D eigenvalue weighted by atomic mass is 9.94. The van der Waals surface area contributed by atoms with Crippen molar-refractivity contribution in [2.24, 2.45) is 30.9 Å². The Labute approximate surface area is 645 Å². The third-order valence-corrected chi connectivity index (χ3v) is 14.4. The van der Waals surface area contributed by atoms with Crippen LogP contribution in [-0.2, 0) is 105 Å². The smallest absolute Gasteiger partial charge is 0.355 e. The molecule has 36 heteroatoms. The lowest BCUT2D eigenvalue weighted by Crippen LogP contribution is -2.44. The predicted molar refractivity (Wildman–Crippen MR) is 420 cm³/mol. The molecule has 3 aliphatic rings. The zero-order chi connectivity index (χ0) is 81.9. The van der Waals surface area contributed by atoms with Gasteiger partial charge in [0.1, 0.15) is 43.4 Å². The first-order valence-electron chi connectivity index (χ1n) is 31.0. The first-order chi connectivity index (χ1) is 48.3. The third kappa shape index (κ3) is 59.7. The van der Waals surface area contributed by atoms with Crippen LogP contribution in [0.25, 0.3) is 0 Å². The molecule has 0 spiro atoms. The molecule has 0 aliphatic carbocycles. The van der Waals surface area contributed by atoms with E-state index in [1.165, 1.54) is 85.3 Å². The number of aliphatic hydroxyl groups is 1. The molecule has 598 valence electrons. The van der Waals surface area contributed by atoms with Crippen LogP contribution >= 0.6 is 86.9 Å². The Morgan fingerprint density at radius 3 is 1.02 bits per heavy atom. The number of alkyl halides is 1. The molecule has 3 atom stereocenters. The molecule has 102 heavy (non-hydrogen) atoms. The maximum absolute atomic E-state index is 11.6. The fraction of sp³-hybridized carbons (Fsp3) is 0.682. The normalized spacial score (nSPS) is 15.8. The van der Waals surface area contributed by atoms with Crippen LogP contribution in [0.5, 0.6) is 0 Å². The maximum Gasteiger partial charge on any atom is 0.355 e. The van der Waals surface area contributed by atoms with Gasteiger partial charge in [-0.3, -0.25) is 0 Å². The minimum Gasteiger partial charge on any atom is -0.466 e. The number of ether oxygens (including phenoxy) is 9. The van der Waals surface area contributed by atoms with Gasteiger partial charge < -0.3 is 76.8 Å². The van der Waals surface area contributed by atoms with E-state index in [1.54, 1.807) is 29.8 Å². The minimum atomic E-state index is -1.06. The van der Waals surface area contributed by atoms with E-state index in [9.17, 15) is 33.6 Å². The second-order valence-electron chi connectivity index (χ2n) is 18.3. The van der Waals surface area contributed by atoms with Gasteiger partial charge in [0.25, 0.3) is 5.60 Å². The molecule has 29 nitrogen and oxygen atoms in total. The van der Waals surface area contributed by atoms with E-state index in [0.29, 0.717) is 86.7 Å². The van der Waals surface area contributed by atoms with Gasteiger partial charge in [-0.1, -0.05) is 177 Å². The van der Waals surface area contributed by atoms with E-state index in [1.807, 2.05) is 81.7 Å². The number of hydrogen-bond acceptors (Lipinski definition) is 32. The Kier molecular flexibility index (Phi) is 93.3. The van der Waals surface area contributed by atoms with Gasteiger partial charge >= 0.3 is 41.8 Å². The van der Waals surface area contributed by atoms with Crippen LogP contribution < -0.4 is 0 Å². The summed E-state index contributed by atoms with van der Waals surface area (Å²) in [6.45, 7) is 33.6. The highest BCUT2D eigenvalue weighted by Crippen LogP contribution is 2.31. The molecular formula is C66H120BrCl3N6O23S3. The van der Waals surface area contributed by atoms with Crippen LogP contribution in [-0.4, -0.2) is 238 Å². The number of aliphatic hydroxyl groups excluding tert-OH is 1. The van der Waals surface area contributed by atoms with Crippen molar-refractivity contribution in [3.8, 4) is 0 Å². The summed E-state index contributed by atoms with van der Waals surface area (Å²) in [6, 6.07) is 0. The lowest BCUT2D eigenvalue weighted by Gasteiger charge is -2.22. The van der Waals surface area contributed by atoms with Crippen molar-refractivity contribution in [3.05, 3.63) is 48.6 Å². The lowest BCUT2D eigenvalue weighted by molar-refractivity contribution is -0.172. The average Bonchev–Trinajstić information content (AvgIpc) is 1.69. The van der Waals surface area contributed by atoms with Crippen LogP contribution in [0.2, 0.25) is 0 Å². The van der Waals surface area contributed by atoms with Crippen molar-refractivity contribution in [3.63, 3.8) is 0 Å². The zero-order valence-corrected chi connectivity index (χ0v) is 71.4. The summed E-state index contributed by atoms with van der Waals surface area (Å²) >= 11 is 25.9. The topological polar surface area (TPSA) is 352 Å². The first kappa shape index (κ1) is 117. The number of carbonyl (C=O) groups is 7. The van der Waals surface area contributed by atoms with Gasteiger partial charge in [-0.15, -0.1) is 0 Å². The van der Waals surface area contributed by atoms with Gasteiger partial charge in [0, 0.05) is 93.4 Å².